The predicted molar refractivity (Wildman–Crippen MR) is 19.1 cm³/mol. The molecule has 0 aliphatic rings. The van der Waals surface area contributed by atoms with Gasteiger partial charge in [-0.2, -0.15) is 0 Å². The molecule has 0 aromatic carbocycles. The van der Waals surface area contributed by atoms with Crippen LogP contribution in [0.25, 0.3) is 10.4 Å². The van der Waals surface area contributed by atoms with Crippen LogP contribution in [0.2, 0.25) is 0 Å². The van der Waals surface area contributed by atoms with Crippen molar-refractivity contribution in [1.82, 2.24) is 0 Å². The molecule has 0 aromatic heterocycles. The van der Waals surface area contributed by atoms with Crippen LogP contribution < -0.4 is 0 Å². The Labute approximate surface area is 37.1 Å². The molecule has 4 heteroatoms. The standard InChI is InChI=1S/N3.Sn.3H/c1-3-2;;;;/q-1;+1;;;. The number of hydrogen-bond acceptors (Lipinski definition) is 1. The third-order valence-electron chi connectivity index (χ3n) is 0.0894. The second-order valence-electron chi connectivity index (χ2n) is 0.289. The van der Waals surface area contributed by atoms with Gasteiger partial charge in [-0.3, -0.25) is 0 Å². The molecule has 0 fully saturated rings. The van der Waals surface area contributed by atoms with E-state index in [0.29, 0.717) is 0 Å². The Morgan fingerprint density at radius 2 is 2.25 bits per heavy atom. The Balaban J connectivity index is 3.11. The monoisotopic (exact) mass is 165 g/mol. The molecule has 0 heterocycles. The SMILES string of the molecule is [N-]=[N+]=[N][SnH3]. The first-order valence-corrected chi connectivity index (χ1v) is 3.40. The van der Waals surface area contributed by atoms with Crippen molar-refractivity contribution in [2.75, 3.05) is 0 Å². The first-order valence-electron chi connectivity index (χ1n) is 0.847. The summed E-state index contributed by atoms with van der Waals surface area (Å²) in [4.78, 5) is 2.45. The van der Waals surface area contributed by atoms with Crippen molar-refractivity contribution < 1.29 is 0 Å². The summed E-state index contributed by atoms with van der Waals surface area (Å²) < 4.78 is 3.13. The summed E-state index contributed by atoms with van der Waals surface area (Å²) >= 11 is 0.193. The molecule has 0 aliphatic carbocycles. The van der Waals surface area contributed by atoms with Crippen molar-refractivity contribution in [3.63, 3.8) is 0 Å². The maximum atomic E-state index is 7.39. The van der Waals surface area contributed by atoms with E-state index in [1.807, 2.05) is 0 Å². The van der Waals surface area contributed by atoms with E-state index in [1.54, 1.807) is 0 Å². The van der Waals surface area contributed by atoms with Crippen molar-refractivity contribution in [3.05, 3.63) is 10.4 Å². The minimum absolute atomic E-state index is 0.193. The van der Waals surface area contributed by atoms with E-state index in [2.05, 4.69) is 8.25 Å². The summed E-state index contributed by atoms with van der Waals surface area (Å²) in [6, 6.07) is 0. The van der Waals surface area contributed by atoms with Crippen molar-refractivity contribution in [2.24, 2.45) is 3.34 Å². The zero-order valence-electron chi connectivity index (χ0n) is 2.34. The van der Waals surface area contributed by atoms with Gasteiger partial charge in [-0.25, -0.2) is 0 Å². The van der Waals surface area contributed by atoms with E-state index in [0.717, 1.165) is 0 Å². The predicted octanol–water partition coefficient (Wildman–Crippen LogP) is -0.423. The van der Waals surface area contributed by atoms with Crippen molar-refractivity contribution in [1.29, 1.82) is 0 Å². The number of nitrogens with zero attached hydrogens (tertiary/aromatic N) is 3. The Morgan fingerprint density at radius 3 is 2.25 bits per heavy atom. The van der Waals surface area contributed by atoms with E-state index in [1.165, 1.54) is 0 Å². The molecule has 0 N–H and O–H groups in total. The quantitative estimate of drug-likeness (QED) is 0.202. The van der Waals surface area contributed by atoms with Crippen LogP contribution in [-0.2, 0) is 0 Å². The van der Waals surface area contributed by atoms with Gasteiger partial charge in [0, 0.05) is 0 Å². The van der Waals surface area contributed by atoms with Gasteiger partial charge >= 0.3 is 36.6 Å². The average molecular weight is 164 g/mol. The average Bonchev–Trinajstić information content (AvgIpc) is 1.37. The van der Waals surface area contributed by atoms with Crippen LogP contribution in [0, 0.1) is 0 Å². The second kappa shape index (κ2) is 3.11. The van der Waals surface area contributed by atoms with Gasteiger partial charge in [-0.1, -0.05) is 0 Å². The molecule has 0 saturated carbocycles. The van der Waals surface area contributed by atoms with Gasteiger partial charge in [-0.05, 0) is 0 Å². The van der Waals surface area contributed by atoms with Gasteiger partial charge in [0.05, 0.1) is 0 Å². The normalized spacial score (nSPS) is 5.00. The van der Waals surface area contributed by atoms with E-state index < -0.39 is 0 Å². The molecule has 0 bridgehead atoms. The maximum absolute atomic E-state index is 7.39. The molecule has 0 spiro atoms. The fraction of sp³-hybridized carbons (Fsp3) is 0. The number of rotatable bonds is 0. The molecule has 22 valence electrons. The fourth-order valence-corrected chi connectivity index (χ4v) is 0. The molecule has 4 heavy (non-hydrogen) atoms. The molecule has 0 saturated heterocycles. The summed E-state index contributed by atoms with van der Waals surface area (Å²) in [5.41, 5.74) is 7.39. The van der Waals surface area contributed by atoms with Crippen LogP contribution >= 0.6 is 0 Å². The fourth-order valence-electron chi connectivity index (χ4n) is 0. The van der Waals surface area contributed by atoms with Gasteiger partial charge in [0.1, 0.15) is 0 Å². The van der Waals surface area contributed by atoms with Gasteiger partial charge in [0.15, 0.2) is 0 Å². The second-order valence-corrected chi connectivity index (χ2v) is 1.43. The van der Waals surface area contributed by atoms with Crippen LogP contribution in [-0.4, -0.2) is 22.8 Å². The van der Waals surface area contributed by atoms with Crippen molar-refractivity contribution in [3.8, 4) is 0 Å². The molecule has 0 unspecified atom stereocenters. The molecule has 0 radical (unpaired) electrons. The molecule has 0 aliphatic heterocycles. The van der Waals surface area contributed by atoms with Gasteiger partial charge in [0.2, 0.25) is 0 Å². The van der Waals surface area contributed by atoms with Gasteiger partial charge in [0.25, 0.3) is 0 Å². The summed E-state index contributed by atoms with van der Waals surface area (Å²) in [7, 11) is 0. The Bertz CT molecular complexity index is 41.2. The van der Waals surface area contributed by atoms with Crippen LogP contribution in [0.3, 0.4) is 0 Å². The topological polar surface area (TPSA) is 48.8 Å². The number of azide groups is 1. The zero-order chi connectivity index (χ0) is 3.41. The molecule has 0 rings (SSSR count). The molecule has 0 aromatic rings. The molecule has 0 atom stereocenters. The van der Waals surface area contributed by atoms with Crippen LogP contribution in [0.1, 0.15) is 0 Å². The third-order valence-corrected chi connectivity index (χ3v) is 0.600. The molecule has 3 nitrogen and oxygen atoms in total. The van der Waals surface area contributed by atoms with Crippen molar-refractivity contribution >= 4 is 22.8 Å². The van der Waals surface area contributed by atoms with Gasteiger partial charge in [-0.15, -0.1) is 0 Å². The van der Waals surface area contributed by atoms with Crippen LogP contribution in [0.15, 0.2) is 3.34 Å². The minimum atomic E-state index is 0.193. The molecule has 0 amide bonds. The molecular formula is H3N3Sn. The number of hydrogen-bond donors (Lipinski definition) is 0. The third kappa shape index (κ3) is 2.11. The van der Waals surface area contributed by atoms with E-state index >= 15 is 0 Å². The first-order chi connectivity index (χ1) is 1.91. The summed E-state index contributed by atoms with van der Waals surface area (Å²) in [5, 5.41) is 0. The Kier molecular flexibility index (Phi) is 3.19. The van der Waals surface area contributed by atoms with Crippen LogP contribution in [0.5, 0.6) is 0 Å². The van der Waals surface area contributed by atoms with Crippen molar-refractivity contribution in [2.45, 2.75) is 0 Å². The Morgan fingerprint density at radius 1 is 2.00 bits per heavy atom. The van der Waals surface area contributed by atoms with Crippen LogP contribution in [0.4, 0.5) is 0 Å². The summed E-state index contributed by atoms with van der Waals surface area (Å²) in [5.74, 6) is 0. The van der Waals surface area contributed by atoms with E-state index in [-0.39, 0.29) is 22.8 Å². The summed E-state index contributed by atoms with van der Waals surface area (Å²) in [6.45, 7) is 0. The molecular weight excluding hydrogens is 161 g/mol. The summed E-state index contributed by atoms with van der Waals surface area (Å²) in [6.07, 6.45) is 0. The van der Waals surface area contributed by atoms with E-state index in [4.69, 9.17) is 5.53 Å². The zero-order valence-corrected chi connectivity index (χ0v) is 8.05. The Hall–Kier alpha value is 0.109. The van der Waals surface area contributed by atoms with E-state index in [9.17, 15) is 0 Å². The first kappa shape index (κ1) is 4.11. The van der Waals surface area contributed by atoms with Gasteiger partial charge < -0.3 is 0 Å².